The summed E-state index contributed by atoms with van der Waals surface area (Å²) in [5.74, 6) is 0.111. The van der Waals surface area contributed by atoms with E-state index in [0.29, 0.717) is 6.54 Å². The van der Waals surface area contributed by atoms with Crippen LogP contribution in [0, 0.1) is 0 Å². The Bertz CT molecular complexity index is 344. The van der Waals surface area contributed by atoms with Gasteiger partial charge in [-0.05, 0) is 26.3 Å². The summed E-state index contributed by atoms with van der Waals surface area (Å²) in [6.07, 6.45) is 2.82. The number of thiazole rings is 1. The predicted octanol–water partition coefficient (Wildman–Crippen LogP) is 0.944. The smallest absolute Gasteiger partial charge is 0.240 e. The van der Waals surface area contributed by atoms with Crippen LogP contribution in [-0.2, 0) is 11.2 Å². The molecule has 1 aromatic rings. The van der Waals surface area contributed by atoms with Crippen LogP contribution < -0.4 is 10.6 Å². The summed E-state index contributed by atoms with van der Waals surface area (Å²) in [5.41, 5.74) is 2.51. The van der Waals surface area contributed by atoms with Crippen molar-refractivity contribution in [3.8, 4) is 0 Å². The molecule has 16 heavy (non-hydrogen) atoms. The number of amides is 1. The maximum Gasteiger partial charge on any atom is 0.240 e. The van der Waals surface area contributed by atoms with E-state index in [9.17, 15) is 4.79 Å². The second-order valence-electron chi connectivity index (χ2n) is 4.35. The molecule has 1 aromatic heterocycles. The zero-order chi connectivity index (χ0) is 11.4. The molecule has 0 saturated carbocycles. The van der Waals surface area contributed by atoms with Gasteiger partial charge in [0, 0.05) is 18.3 Å². The van der Waals surface area contributed by atoms with Crippen LogP contribution in [0.3, 0.4) is 0 Å². The van der Waals surface area contributed by atoms with Crippen molar-refractivity contribution in [3.05, 3.63) is 16.6 Å². The summed E-state index contributed by atoms with van der Waals surface area (Å²) in [5, 5.41) is 8.23. The SMILES string of the molecule is CC1(C(=O)NCCc2cscn2)CCCN1. The molecular weight excluding hydrogens is 222 g/mol. The van der Waals surface area contributed by atoms with E-state index in [0.717, 1.165) is 31.5 Å². The van der Waals surface area contributed by atoms with Crippen LogP contribution in [0.5, 0.6) is 0 Å². The Morgan fingerprint density at radius 2 is 2.62 bits per heavy atom. The number of aromatic nitrogens is 1. The molecule has 0 aliphatic carbocycles. The van der Waals surface area contributed by atoms with Gasteiger partial charge in [0.15, 0.2) is 0 Å². The minimum absolute atomic E-state index is 0.111. The molecule has 1 aliphatic heterocycles. The van der Waals surface area contributed by atoms with Crippen molar-refractivity contribution in [2.75, 3.05) is 13.1 Å². The molecular formula is C11H17N3OS. The maximum absolute atomic E-state index is 11.9. The highest BCUT2D eigenvalue weighted by Gasteiger charge is 2.35. The number of rotatable bonds is 4. The lowest BCUT2D eigenvalue weighted by atomic mass is 9.99. The molecule has 2 N–H and O–H groups in total. The molecule has 1 unspecified atom stereocenters. The second-order valence-corrected chi connectivity index (χ2v) is 5.07. The Hall–Kier alpha value is -0.940. The first kappa shape index (κ1) is 11.5. The Balaban J connectivity index is 1.75. The lowest BCUT2D eigenvalue weighted by molar-refractivity contribution is -0.126. The molecule has 1 amide bonds. The molecule has 1 aliphatic rings. The maximum atomic E-state index is 11.9. The summed E-state index contributed by atoms with van der Waals surface area (Å²) in [4.78, 5) is 16.1. The Morgan fingerprint density at radius 3 is 3.25 bits per heavy atom. The first-order valence-electron chi connectivity index (χ1n) is 5.61. The van der Waals surface area contributed by atoms with Gasteiger partial charge in [-0.1, -0.05) is 0 Å². The topological polar surface area (TPSA) is 54.0 Å². The predicted molar refractivity (Wildman–Crippen MR) is 64.5 cm³/mol. The largest absolute Gasteiger partial charge is 0.354 e. The highest BCUT2D eigenvalue weighted by molar-refractivity contribution is 7.07. The third kappa shape index (κ3) is 2.59. The quantitative estimate of drug-likeness (QED) is 0.822. The van der Waals surface area contributed by atoms with E-state index in [4.69, 9.17) is 0 Å². The van der Waals surface area contributed by atoms with Crippen molar-refractivity contribution in [2.24, 2.45) is 0 Å². The van der Waals surface area contributed by atoms with Gasteiger partial charge < -0.3 is 10.6 Å². The van der Waals surface area contributed by atoms with Gasteiger partial charge in [0.25, 0.3) is 0 Å². The number of hydrogen-bond acceptors (Lipinski definition) is 4. The molecule has 0 spiro atoms. The molecule has 0 radical (unpaired) electrons. The van der Waals surface area contributed by atoms with Crippen LogP contribution >= 0.6 is 11.3 Å². The van der Waals surface area contributed by atoms with Crippen LogP contribution in [0.25, 0.3) is 0 Å². The van der Waals surface area contributed by atoms with E-state index < -0.39 is 0 Å². The summed E-state index contributed by atoms with van der Waals surface area (Å²) in [6.45, 7) is 3.58. The molecule has 1 fully saturated rings. The third-order valence-corrected chi connectivity index (χ3v) is 3.66. The van der Waals surface area contributed by atoms with Gasteiger partial charge >= 0.3 is 0 Å². The van der Waals surface area contributed by atoms with Gasteiger partial charge in [-0.2, -0.15) is 0 Å². The average molecular weight is 239 g/mol. The number of nitrogens with zero attached hydrogens (tertiary/aromatic N) is 1. The van der Waals surface area contributed by atoms with Crippen LogP contribution in [0.4, 0.5) is 0 Å². The second kappa shape index (κ2) is 4.93. The summed E-state index contributed by atoms with van der Waals surface area (Å²) in [6, 6.07) is 0. The van der Waals surface area contributed by atoms with Crippen molar-refractivity contribution in [1.29, 1.82) is 0 Å². The molecule has 4 nitrogen and oxygen atoms in total. The monoisotopic (exact) mass is 239 g/mol. The van der Waals surface area contributed by atoms with E-state index in [2.05, 4.69) is 15.6 Å². The molecule has 1 atom stereocenters. The zero-order valence-electron chi connectivity index (χ0n) is 9.45. The van der Waals surface area contributed by atoms with Gasteiger partial charge in [-0.3, -0.25) is 4.79 Å². The summed E-state index contributed by atoms with van der Waals surface area (Å²) in [7, 11) is 0. The van der Waals surface area contributed by atoms with E-state index in [1.165, 1.54) is 0 Å². The summed E-state index contributed by atoms with van der Waals surface area (Å²) < 4.78 is 0. The first-order chi connectivity index (χ1) is 7.71. The van der Waals surface area contributed by atoms with E-state index in [1.807, 2.05) is 17.8 Å². The fourth-order valence-electron chi connectivity index (χ4n) is 1.95. The molecule has 88 valence electrons. The highest BCUT2D eigenvalue weighted by atomic mass is 32.1. The molecule has 2 heterocycles. The van der Waals surface area contributed by atoms with Crippen molar-refractivity contribution < 1.29 is 4.79 Å². The van der Waals surface area contributed by atoms with Crippen LogP contribution in [0.15, 0.2) is 10.9 Å². The number of carbonyl (C=O) groups excluding carboxylic acids is 1. The minimum Gasteiger partial charge on any atom is -0.354 e. The van der Waals surface area contributed by atoms with Crippen LogP contribution in [0.2, 0.25) is 0 Å². The Labute approximate surface area is 99.5 Å². The third-order valence-electron chi connectivity index (χ3n) is 3.02. The number of carbonyl (C=O) groups is 1. The lowest BCUT2D eigenvalue weighted by Crippen LogP contribution is -2.51. The van der Waals surface area contributed by atoms with Crippen molar-refractivity contribution >= 4 is 17.2 Å². The molecule has 2 rings (SSSR count). The standard InChI is InChI=1S/C11H17N3OS/c1-11(4-2-5-14-11)10(15)12-6-3-9-7-16-8-13-9/h7-8,14H,2-6H2,1H3,(H,12,15). The normalized spacial score (nSPS) is 24.6. The van der Waals surface area contributed by atoms with Crippen molar-refractivity contribution in [2.45, 2.75) is 31.7 Å². The Kier molecular flexibility index (Phi) is 3.56. The van der Waals surface area contributed by atoms with Gasteiger partial charge in [0.05, 0.1) is 16.7 Å². The van der Waals surface area contributed by atoms with Crippen LogP contribution in [0.1, 0.15) is 25.5 Å². The molecule has 0 bridgehead atoms. The first-order valence-corrected chi connectivity index (χ1v) is 6.55. The fraction of sp³-hybridized carbons (Fsp3) is 0.636. The fourth-order valence-corrected chi connectivity index (χ4v) is 2.54. The highest BCUT2D eigenvalue weighted by Crippen LogP contribution is 2.18. The molecule has 1 saturated heterocycles. The van der Waals surface area contributed by atoms with E-state index >= 15 is 0 Å². The lowest BCUT2D eigenvalue weighted by Gasteiger charge is -2.22. The average Bonchev–Trinajstić information content (AvgIpc) is 2.90. The van der Waals surface area contributed by atoms with Gasteiger partial charge in [-0.15, -0.1) is 11.3 Å². The van der Waals surface area contributed by atoms with Crippen molar-refractivity contribution in [3.63, 3.8) is 0 Å². The number of nitrogens with one attached hydrogen (secondary N) is 2. The van der Waals surface area contributed by atoms with Gasteiger partial charge in [-0.25, -0.2) is 4.98 Å². The number of hydrogen-bond donors (Lipinski definition) is 2. The summed E-state index contributed by atoms with van der Waals surface area (Å²) >= 11 is 1.59. The molecule has 0 aromatic carbocycles. The van der Waals surface area contributed by atoms with E-state index in [-0.39, 0.29) is 11.4 Å². The van der Waals surface area contributed by atoms with Gasteiger partial charge in [0.1, 0.15) is 0 Å². The zero-order valence-corrected chi connectivity index (χ0v) is 10.3. The van der Waals surface area contributed by atoms with Crippen LogP contribution in [-0.4, -0.2) is 29.5 Å². The van der Waals surface area contributed by atoms with E-state index in [1.54, 1.807) is 11.3 Å². The van der Waals surface area contributed by atoms with Gasteiger partial charge in [0.2, 0.25) is 5.91 Å². The molecule has 5 heteroatoms. The Morgan fingerprint density at radius 1 is 1.75 bits per heavy atom. The minimum atomic E-state index is -0.359. The van der Waals surface area contributed by atoms with Crippen molar-refractivity contribution in [1.82, 2.24) is 15.6 Å².